The summed E-state index contributed by atoms with van der Waals surface area (Å²) in [6, 6.07) is 12.8. The van der Waals surface area contributed by atoms with Crippen molar-refractivity contribution in [3.63, 3.8) is 0 Å². The number of amides is 1. The van der Waals surface area contributed by atoms with Gasteiger partial charge in [0.05, 0.1) is 11.6 Å². The van der Waals surface area contributed by atoms with Gasteiger partial charge in [-0.25, -0.2) is 0 Å². The molecule has 25 heavy (non-hydrogen) atoms. The maximum absolute atomic E-state index is 12.8. The fraction of sp³-hybridized carbons (Fsp3) is 0.476. The molecule has 0 radical (unpaired) electrons. The van der Waals surface area contributed by atoms with E-state index in [0.717, 1.165) is 36.2 Å². The van der Waals surface area contributed by atoms with Gasteiger partial charge in [0.15, 0.2) is 0 Å². The van der Waals surface area contributed by atoms with E-state index in [1.807, 2.05) is 19.1 Å². The molecule has 3 rings (SSSR count). The van der Waals surface area contributed by atoms with Crippen LogP contribution in [0.25, 0.3) is 0 Å². The first kappa shape index (κ1) is 17.7. The van der Waals surface area contributed by atoms with Crippen molar-refractivity contribution >= 4 is 5.91 Å². The summed E-state index contributed by atoms with van der Waals surface area (Å²) < 4.78 is 2.25. The molecule has 1 saturated carbocycles. The number of aryl methyl sites for hydroxylation is 1. The van der Waals surface area contributed by atoms with Gasteiger partial charge >= 0.3 is 0 Å². The molecule has 2 aromatic rings. The quantitative estimate of drug-likeness (QED) is 0.875. The van der Waals surface area contributed by atoms with E-state index in [1.54, 1.807) is 0 Å². The number of carbonyl (C=O) groups is 1. The first-order chi connectivity index (χ1) is 12.0. The highest BCUT2D eigenvalue weighted by molar-refractivity contribution is 5.96. The molecular formula is C21H29N3O. The summed E-state index contributed by atoms with van der Waals surface area (Å²) >= 11 is 0. The fourth-order valence-corrected chi connectivity index (χ4v) is 4.24. The van der Waals surface area contributed by atoms with Crippen LogP contribution in [0, 0.1) is 19.8 Å². The summed E-state index contributed by atoms with van der Waals surface area (Å²) in [6.07, 6.45) is 3.30. The number of nitrogens with one attached hydrogen (secondary N) is 1. The van der Waals surface area contributed by atoms with Gasteiger partial charge in [-0.1, -0.05) is 36.8 Å². The lowest BCUT2D eigenvalue weighted by Crippen LogP contribution is -2.40. The largest absolute Gasteiger partial charge is 0.349 e. The molecule has 3 atom stereocenters. The number of aromatic nitrogens is 1. The highest BCUT2D eigenvalue weighted by atomic mass is 16.1. The van der Waals surface area contributed by atoms with Crippen molar-refractivity contribution in [1.82, 2.24) is 9.88 Å². The van der Waals surface area contributed by atoms with E-state index in [4.69, 9.17) is 5.73 Å². The second kappa shape index (κ2) is 7.44. The minimum atomic E-state index is 0.0324. The number of nitrogens with zero attached hydrogens (tertiary/aromatic N) is 1. The van der Waals surface area contributed by atoms with Crippen molar-refractivity contribution in [2.75, 3.05) is 6.54 Å². The molecule has 4 heteroatoms. The molecular weight excluding hydrogens is 310 g/mol. The van der Waals surface area contributed by atoms with E-state index in [9.17, 15) is 4.79 Å². The highest BCUT2D eigenvalue weighted by Gasteiger charge is 2.29. The van der Waals surface area contributed by atoms with Crippen LogP contribution in [0.2, 0.25) is 0 Å². The summed E-state index contributed by atoms with van der Waals surface area (Å²) in [5.41, 5.74) is 10.0. The first-order valence-electron chi connectivity index (χ1n) is 9.27. The SMILES string of the molecule is Cc1cc(C(=O)NC2CCCC2CN)c(C)n1C(C)c1ccccc1. The third kappa shape index (κ3) is 3.49. The van der Waals surface area contributed by atoms with E-state index in [-0.39, 0.29) is 18.0 Å². The summed E-state index contributed by atoms with van der Waals surface area (Å²) in [6.45, 7) is 6.94. The van der Waals surface area contributed by atoms with Crippen molar-refractivity contribution in [3.05, 3.63) is 58.9 Å². The molecule has 1 aliphatic carbocycles. The number of rotatable bonds is 5. The number of hydrogen-bond donors (Lipinski definition) is 2. The first-order valence-corrected chi connectivity index (χ1v) is 9.27. The molecule has 4 nitrogen and oxygen atoms in total. The Balaban J connectivity index is 1.83. The molecule has 0 bridgehead atoms. The molecule has 0 aliphatic heterocycles. The lowest BCUT2D eigenvalue weighted by molar-refractivity contribution is 0.0928. The van der Waals surface area contributed by atoms with E-state index >= 15 is 0 Å². The number of nitrogens with two attached hydrogens (primary N) is 1. The predicted octanol–water partition coefficient (Wildman–Crippen LogP) is 3.57. The second-order valence-corrected chi connectivity index (χ2v) is 7.25. The summed E-state index contributed by atoms with van der Waals surface area (Å²) in [5.74, 6) is 0.445. The molecule has 1 aromatic heterocycles. The number of carbonyl (C=O) groups excluding carboxylic acids is 1. The second-order valence-electron chi connectivity index (χ2n) is 7.25. The van der Waals surface area contributed by atoms with Crippen molar-refractivity contribution in [2.24, 2.45) is 11.7 Å². The standard InChI is InChI=1S/C21H29N3O/c1-14-12-19(21(25)23-20-11-7-10-18(20)13-22)16(3)24(14)15(2)17-8-5-4-6-9-17/h4-6,8-9,12,15,18,20H,7,10-11,13,22H2,1-3H3,(H,23,25). The Morgan fingerprint density at radius 1 is 1.28 bits per heavy atom. The Kier molecular flexibility index (Phi) is 5.28. The van der Waals surface area contributed by atoms with Crippen molar-refractivity contribution in [1.29, 1.82) is 0 Å². The molecule has 3 N–H and O–H groups in total. The Morgan fingerprint density at radius 2 is 2.00 bits per heavy atom. The molecule has 0 saturated heterocycles. The Hall–Kier alpha value is -2.07. The van der Waals surface area contributed by atoms with Crippen LogP contribution >= 0.6 is 0 Å². The monoisotopic (exact) mass is 339 g/mol. The Morgan fingerprint density at radius 3 is 2.68 bits per heavy atom. The summed E-state index contributed by atoms with van der Waals surface area (Å²) in [4.78, 5) is 12.8. The maximum atomic E-state index is 12.8. The zero-order valence-electron chi connectivity index (χ0n) is 15.5. The van der Waals surface area contributed by atoms with Gasteiger partial charge in [-0.15, -0.1) is 0 Å². The molecule has 1 aliphatic rings. The maximum Gasteiger partial charge on any atom is 0.253 e. The topological polar surface area (TPSA) is 60.1 Å². The molecule has 3 unspecified atom stereocenters. The smallest absolute Gasteiger partial charge is 0.253 e. The van der Waals surface area contributed by atoms with Crippen LogP contribution < -0.4 is 11.1 Å². The normalized spacial score (nSPS) is 21.3. The van der Waals surface area contributed by atoms with Gasteiger partial charge in [0, 0.05) is 17.4 Å². The molecule has 1 fully saturated rings. The molecule has 134 valence electrons. The van der Waals surface area contributed by atoms with Crippen LogP contribution in [0.4, 0.5) is 0 Å². The lowest BCUT2D eigenvalue weighted by atomic mass is 10.0. The van der Waals surface area contributed by atoms with Gasteiger partial charge in [0.25, 0.3) is 5.91 Å². The average molecular weight is 339 g/mol. The van der Waals surface area contributed by atoms with E-state index in [0.29, 0.717) is 12.5 Å². The third-order valence-electron chi connectivity index (χ3n) is 5.68. The van der Waals surface area contributed by atoms with Gasteiger partial charge in [-0.2, -0.15) is 0 Å². The van der Waals surface area contributed by atoms with Crippen molar-refractivity contribution < 1.29 is 4.79 Å². The van der Waals surface area contributed by atoms with Crippen LogP contribution in [0.5, 0.6) is 0 Å². The van der Waals surface area contributed by atoms with Crippen LogP contribution in [-0.2, 0) is 0 Å². The van der Waals surface area contributed by atoms with Gasteiger partial charge in [0.2, 0.25) is 0 Å². The molecule has 1 heterocycles. The zero-order chi connectivity index (χ0) is 18.0. The molecule has 1 amide bonds. The number of benzene rings is 1. The average Bonchev–Trinajstić information content (AvgIpc) is 3.18. The molecule has 1 aromatic carbocycles. The van der Waals surface area contributed by atoms with Crippen LogP contribution in [0.15, 0.2) is 36.4 Å². The molecule has 0 spiro atoms. The van der Waals surface area contributed by atoms with Gasteiger partial charge < -0.3 is 15.6 Å². The van der Waals surface area contributed by atoms with Crippen molar-refractivity contribution in [2.45, 2.75) is 52.1 Å². The van der Waals surface area contributed by atoms with E-state index in [2.05, 4.69) is 48.0 Å². The zero-order valence-corrected chi connectivity index (χ0v) is 15.5. The van der Waals surface area contributed by atoms with Gasteiger partial charge in [0.1, 0.15) is 0 Å². The Bertz CT molecular complexity index is 735. The Labute approximate surface area is 150 Å². The van der Waals surface area contributed by atoms with Gasteiger partial charge in [-0.3, -0.25) is 4.79 Å². The van der Waals surface area contributed by atoms with Crippen LogP contribution in [-0.4, -0.2) is 23.1 Å². The summed E-state index contributed by atoms with van der Waals surface area (Å²) in [7, 11) is 0. The van der Waals surface area contributed by atoms with Crippen LogP contribution in [0.3, 0.4) is 0 Å². The minimum absolute atomic E-state index is 0.0324. The number of hydrogen-bond acceptors (Lipinski definition) is 2. The minimum Gasteiger partial charge on any atom is -0.349 e. The predicted molar refractivity (Wildman–Crippen MR) is 102 cm³/mol. The van der Waals surface area contributed by atoms with E-state index < -0.39 is 0 Å². The fourth-order valence-electron chi connectivity index (χ4n) is 4.24. The van der Waals surface area contributed by atoms with Crippen molar-refractivity contribution in [3.8, 4) is 0 Å². The third-order valence-corrected chi connectivity index (χ3v) is 5.68. The lowest BCUT2D eigenvalue weighted by Gasteiger charge is -2.21. The van der Waals surface area contributed by atoms with Crippen LogP contribution in [0.1, 0.15) is 59.5 Å². The van der Waals surface area contributed by atoms with E-state index in [1.165, 1.54) is 5.56 Å². The highest BCUT2D eigenvalue weighted by Crippen LogP contribution is 2.27. The van der Waals surface area contributed by atoms with Gasteiger partial charge in [-0.05, 0) is 57.7 Å². The summed E-state index contributed by atoms with van der Waals surface area (Å²) in [5, 5.41) is 3.22.